The molecule has 1 fully saturated rings. The molecule has 0 saturated carbocycles. The summed E-state index contributed by atoms with van der Waals surface area (Å²) in [5, 5.41) is 8.50. The number of aromatic nitrogens is 2. The number of nitrogens with one attached hydrogen (secondary N) is 1. The van der Waals surface area contributed by atoms with Gasteiger partial charge in [0.05, 0.1) is 11.2 Å². The molecule has 0 amide bonds. The summed E-state index contributed by atoms with van der Waals surface area (Å²) in [6.45, 7) is 18.7. The largest absolute Gasteiger partial charge is 0.369 e. The summed E-state index contributed by atoms with van der Waals surface area (Å²) in [6, 6.07) is 13.0. The molecular formula is C24H39N5. The topological polar surface area (TPSA) is 36.3 Å². The van der Waals surface area contributed by atoms with E-state index in [4.69, 9.17) is 5.10 Å². The molecule has 5 nitrogen and oxygen atoms in total. The average Bonchev–Trinajstić information content (AvgIpc) is 3.09. The maximum atomic E-state index is 4.90. The molecule has 29 heavy (non-hydrogen) atoms. The molecule has 2 aromatic rings. The van der Waals surface area contributed by atoms with Gasteiger partial charge < -0.3 is 10.2 Å². The summed E-state index contributed by atoms with van der Waals surface area (Å²) >= 11 is 0. The predicted molar refractivity (Wildman–Crippen MR) is 123 cm³/mol. The maximum absolute atomic E-state index is 4.90. The van der Waals surface area contributed by atoms with E-state index in [1.807, 2.05) is 0 Å². The van der Waals surface area contributed by atoms with Crippen LogP contribution in [0.5, 0.6) is 0 Å². The molecule has 0 radical (unpaired) electrons. The first-order valence-corrected chi connectivity index (χ1v) is 11.1. The van der Waals surface area contributed by atoms with Gasteiger partial charge in [-0.15, -0.1) is 0 Å². The van der Waals surface area contributed by atoms with Gasteiger partial charge in [-0.05, 0) is 51.3 Å². The first kappa shape index (κ1) is 21.8. The van der Waals surface area contributed by atoms with Crippen LogP contribution >= 0.6 is 0 Å². The molecule has 1 aromatic heterocycles. The van der Waals surface area contributed by atoms with Crippen LogP contribution < -0.4 is 10.2 Å². The summed E-state index contributed by atoms with van der Waals surface area (Å²) in [5.74, 6) is 0.642. The summed E-state index contributed by atoms with van der Waals surface area (Å²) < 4.78 is 2.22. The van der Waals surface area contributed by atoms with Crippen LogP contribution in [-0.4, -0.2) is 53.9 Å². The highest BCUT2D eigenvalue weighted by molar-refractivity contribution is 5.46. The Morgan fingerprint density at radius 1 is 1.03 bits per heavy atom. The third-order valence-corrected chi connectivity index (χ3v) is 5.49. The standard InChI is InChI=1S/C24H39N5/c1-20(2)17-23-18-21(26-29(23)24(3,4)5)19-25-11-12-27-13-15-28(16-14-27)22-9-7-6-8-10-22/h6-10,18,20,25H,11-17,19H2,1-5H3. The number of benzene rings is 1. The lowest BCUT2D eigenvalue weighted by atomic mass is 10.0. The van der Waals surface area contributed by atoms with Crippen molar-refractivity contribution in [1.82, 2.24) is 20.0 Å². The second-order valence-corrected chi connectivity index (χ2v) is 9.65. The van der Waals surface area contributed by atoms with Crippen molar-refractivity contribution in [3.63, 3.8) is 0 Å². The van der Waals surface area contributed by atoms with E-state index in [0.717, 1.165) is 57.9 Å². The van der Waals surface area contributed by atoms with Gasteiger partial charge >= 0.3 is 0 Å². The van der Waals surface area contributed by atoms with Crippen LogP contribution in [-0.2, 0) is 18.5 Å². The summed E-state index contributed by atoms with van der Waals surface area (Å²) in [6.07, 6.45) is 1.08. The zero-order chi connectivity index (χ0) is 20.9. The third-order valence-electron chi connectivity index (χ3n) is 5.49. The number of para-hydroxylation sites is 1. The molecule has 0 atom stereocenters. The Morgan fingerprint density at radius 3 is 2.34 bits per heavy atom. The van der Waals surface area contributed by atoms with Crippen molar-refractivity contribution in [2.45, 2.75) is 53.1 Å². The zero-order valence-electron chi connectivity index (χ0n) is 19.0. The van der Waals surface area contributed by atoms with Crippen molar-refractivity contribution >= 4 is 5.69 Å². The molecule has 1 saturated heterocycles. The Labute approximate surface area is 177 Å². The van der Waals surface area contributed by atoms with Gasteiger partial charge in [-0.1, -0.05) is 32.0 Å². The number of hydrogen-bond donors (Lipinski definition) is 1. The maximum Gasteiger partial charge on any atom is 0.0765 e. The SMILES string of the molecule is CC(C)Cc1cc(CNCCN2CCN(c3ccccc3)CC2)nn1C(C)(C)C. The van der Waals surface area contributed by atoms with Crippen molar-refractivity contribution < 1.29 is 0 Å². The van der Waals surface area contributed by atoms with Crippen LogP contribution in [0.1, 0.15) is 46.0 Å². The molecule has 0 bridgehead atoms. The lowest BCUT2D eigenvalue weighted by Crippen LogP contribution is -2.48. The predicted octanol–water partition coefficient (Wildman–Crippen LogP) is 3.75. The fourth-order valence-corrected chi connectivity index (χ4v) is 4.03. The first-order chi connectivity index (χ1) is 13.8. The number of piperazine rings is 1. The van der Waals surface area contributed by atoms with Gasteiger partial charge in [-0.3, -0.25) is 9.58 Å². The molecule has 0 spiro atoms. The van der Waals surface area contributed by atoms with Gasteiger partial charge in [0.1, 0.15) is 0 Å². The molecule has 2 heterocycles. The van der Waals surface area contributed by atoms with Crippen molar-refractivity contribution in [3.8, 4) is 0 Å². The van der Waals surface area contributed by atoms with E-state index < -0.39 is 0 Å². The molecule has 0 unspecified atom stereocenters. The molecular weight excluding hydrogens is 358 g/mol. The lowest BCUT2D eigenvalue weighted by molar-refractivity contribution is 0.257. The highest BCUT2D eigenvalue weighted by atomic mass is 15.3. The van der Waals surface area contributed by atoms with Gasteiger partial charge in [-0.25, -0.2) is 0 Å². The summed E-state index contributed by atoms with van der Waals surface area (Å²) in [5.41, 5.74) is 3.88. The van der Waals surface area contributed by atoms with Gasteiger partial charge in [0.15, 0.2) is 0 Å². The molecule has 160 valence electrons. The smallest absolute Gasteiger partial charge is 0.0765 e. The Balaban J connectivity index is 1.42. The van der Waals surface area contributed by atoms with Gasteiger partial charge in [0.25, 0.3) is 0 Å². The second kappa shape index (κ2) is 9.77. The molecule has 1 aliphatic heterocycles. The quantitative estimate of drug-likeness (QED) is 0.688. The Kier molecular flexibility index (Phi) is 7.36. The number of hydrogen-bond acceptors (Lipinski definition) is 4. The van der Waals surface area contributed by atoms with Crippen molar-refractivity contribution in [2.24, 2.45) is 5.92 Å². The van der Waals surface area contributed by atoms with Crippen molar-refractivity contribution in [3.05, 3.63) is 47.8 Å². The van der Waals surface area contributed by atoms with Crippen molar-refractivity contribution in [2.75, 3.05) is 44.2 Å². The van der Waals surface area contributed by atoms with E-state index in [1.165, 1.54) is 11.4 Å². The molecule has 1 N–H and O–H groups in total. The van der Waals surface area contributed by atoms with Crippen molar-refractivity contribution in [1.29, 1.82) is 0 Å². The second-order valence-electron chi connectivity index (χ2n) is 9.65. The average molecular weight is 398 g/mol. The summed E-state index contributed by atoms with van der Waals surface area (Å²) in [4.78, 5) is 5.05. The first-order valence-electron chi connectivity index (χ1n) is 11.1. The van der Waals surface area contributed by atoms with E-state index >= 15 is 0 Å². The van der Waals surface area contributed by atoms with E-state index in [2.05, 4.69) is 90.8 Å². The van der Waals surface area contributed by atoms with E-state index in [1.54, 1.807) is 0 Å². The Morgan fingerprint density at radius 2 is 1.72 bits per heavy atom. The van der Waals surface area contributed by atoms with Crippen LogP contribution in [0, 0.1) is 5.92 Å². The van der Waals surface area contributed by atoms with Crippen LogP contribution in [0.15, 0.2) is 36.4 Å². The Hall–Kier alpha value is -1.85. The van der Waals surface area contributed by atoms with E-state index in [9.17, 15) is 0 Å². The fourth-order valence-electron chi connectivity index (χ4n) is 4.03. The minimum atomic E-state index is 0.0287. The van der Waals surface area contributed by atoms with Crippen LogP contribution in [0.4, 0.5) is 5.69 Å². The lowest BCUT2D eigenvalue weighted by Gasteiger charge is -2.36. The van der Waals surface area contributed by atoms with Gasteiger partial charge in [-0.2, -0.15) is 5.10 Å². The monoisotopic (exact) mass is 397 g/mol. The van der Waals surface area contributed by atoms with Crippen LogP contribution in [0.25, 0.3) is 0 Å². The van der Waals surface area contributed by atoms with Gasteiger partial charge in [0, 0.05) is 57.2 Å². The molecule has 3 rings (SSSR count). The minimum Gasteiger partial charge on any atom is -0.369 e. The highest BCUT2D eigenvalue weighted by Crippen LogP contribution is 2.20. The zero-order valence-corrected chi connectivity index (χ0v) is 19.0. The summed E-state index contributed by atoms with van der Waals surface area (Å²) in [7, 11) is 0. The molecule has 5 heteroatoms. The third kappa shape index (κ3) is 6.31. The fraction of sp³-hybridized carbons (Fsp3) is 0.625. The minimum absolute atomic E-state index is 0.0287. The molecule has 0 aliphatic carbocycles. The number of anilines is 1. The number of nitrogens with zero attached hydrogens (tertiary/aromatic N) is 4. The van der Waals surface area contributed by atoms with Crippen LogP contribution in [0.3, 0.4) is 0 Å². The van der Waals surface area contributed by atoms with E-state index in [-0.39, 0.29) is 5.54 Å². The van der Waals surface area contributed by atoms with Gasteiger partial charge in [0.2, 0.25) is 0 Å². The molecule has 1 aromatic carbocycles. The van der Waals surface area contributed by atoms with E-state index in [0.29, 0.717) is 5.92 Å². The number of rotatable bonds is 8. The van der Waals surface area contributed by atoms with Crippen LogP contribution in [0.2, 0.25) is 0 Å². The highest BCUT2D eigenvalue weighted by Gasteiger charge is 2.20. The normalized spacial score (nSPS) is 16.0. The Bertz CT molecular complexity index is 736. The molecule has 1 aliphatic rings.